The standard InChI is InChI=1S/C19H27N3OS2/c1-3-20-19(22-14-16(2)18-10-7-12-24-18)21-11-13-25(23)15-17-8-5-4-6-9-17/h4-10,12,16H,3,11,13-15H2,1-2H3,(H2,20,21,22). The van der Waals surface area contributed by atoms with Gasteiger partial charge in [0, 0.05) is 46.2 Å². The topological polar surface area (TPSA) is 53.5 Å². The van der Waals surface area contributed by atoms with E-state index in [-0.39, 0.29) is 0 Å². The number of nitrogens with zero attached hydrogens (tertiary/aromatic N) is 1. The van der Waals surface area contributed by atoms with Crippen molar-refractivity contribution in [3.8, 4) is 0 Å². The lowest BCUT2D eigenvalue weighted by molar-refractivity contribution is 0.680. The summed E-state index contributed by atoms with van der Waals surface area (Å²) in [6, 6.07) is 14.2. The van der Waals surface area contributed by atoms with E-state index in [2.05, 4.69) is 40.1 Å². The quantitative estimate of drug-likeness (QED) is 0.520. The number of thiophene rings is 1. The van der Waals surface area contributed by atoms with Crippen LogP contribution in [0.15, 0.2) is 52.8 Å². The molecule has 2 atom stereocenters. The summed E-state index contributed by atoms with van der Waals surface area (Å²) in [5.74, 6) is 2.41. The van der Waals surface area contributed by atoms with Crippen LogP contribution >= 0.6 is 11.3 Å². The highest BCUT2D eigenvalue weighted by atomic mass is 32.2. The molecule has 6 heteroatoms. The van der Waals surface area contributed by atoms with E-state index >= 15 is 0 Å². The third-order valence-corrected chi connectivity index (χ3v) is 6.11. The van der Waals surface area contributed by atoms with Crippen LogP contribution in [0, 0.1) is 0 Å². The minimum absolute atomic E-state index is 0.405. The molecule has 136 valence electrons. The van der Waals surface area contributed by atoms with Gasteiger partial charge in [0.1, 0.15) is 0 Å². The van der Waals surface area contributed by atoms with Gasteiger partial charge in [-0.25, -0.2) is 0 Å². The van der Waals surface area contributed by atoms with Gasteiger partial charge >= 0.3 is 0 Å². The van der Waals surface area contributed by atoms with Gasteiger partial charge in [0.25, 0.3) is 0 Å². The van der Waals surface area contributed by atoms with Crippen molar-refractivity contribution in [3.63, 3.8) is 0 Å². The maximum absolute atomic E-state index is 12.2. The number of hydrogen-bond acceptors (Lipinski definition) is 3. The van der Waals surface area contributed by atoms with Crippen LogP contribution in [0.5, 0.6) is 0 Å². The maximum Gasteiger partial charge on any atom is 0.191 e. The Morgan fingerprint density at radius 3 is 2.68 bits per heavy atom. The summed E-state index contributed by atoms with van der Waals surface area (Å²) >= 11 is 1.77. The van der Waals surface area contributed by atoms with Crippen LogP contribution in [0.3, 0.4) is 0 Å². The molecule has 2 N–H and O–H groups in total. The zero-order valence-electron chi connectivity index (χ0n) is 14.9. The molecule has 0 spiro atoms. The van der Waals surface area contributed by atoms with Gasteiger partial charge < -0.3 is 10.6 Å². The number of benzene rings is 1. The van der Waals surface area contributed by atoms with Crippen LogP contribution in [0.1, 0.15) is 30.2 Å². The van der Waals surface area contributed by atoms with Gasteiger partial charge in [-0.3, -0.25) is 9.20 Å². The van der Waals surface area contributed by atoms with Crippen molar-refractivity contribution in [2.24, 2.45) is 4.99 Å². The Kier molecular flexibility index (Phi) is 8.69. The van der Waals surface area contributed by atoms with Crippen molar-refractivity contribution in [3.05, 3.63) is 58.3 Å². The Labute approximate surface area is 157 Å². The van der Waals surface area contributed by atoms with E-state index in [0.29, 0.717) is 24.0 Å². The van der Waals surface area contributed by atoms with E-state index in [1.165, 1.54) is 4.88 Å². The lowest BCUT2D eigenvalue weighted by Crippen LogP contribution is -2.39. The summed E-state index contributed by atoms with van der Waals surface area (Å²) in [5, 5.41) is 8.64. The Bertz CT molecular complexity index is 657. The first kappa shape index (κ1) is 19.7. The molecule has 2 unspecified atom stereocenters. The van der Waals surface area contributed by atoms with E-state index in [0.717, 1.165) is 24.6 Å². The molecule has 0 saturated heterocycles. The molecule has 0 bridgehead atoms. The van der Waals surface area contributed by atoms with Crippen LogP contribution in [0.4, 0.5) is 0 Å². The number of nitrogens with one attached hydrogen (secondary N) is 2. The fourth-order valence-electron chi connectivity index (χ4n) is 2.35. The molecule has 0 aliphatic rings. The molecule has 4 nitrogen and oxygen atoms in total. The Morgan fingerprint density at radius 1 is 1.20 bits per heavy atom. The molecule has 1 aromatic heterocycles. The van der Waals surface area contributed by atoms with Crippen molar-refractivity contribution in [2.45, 2.75) is 25.5 Å². The van der Waals surface area contributed by atoms with Gasteiger partial charge in [0.2, 0.25) is 0 Å². The van der Waals surface area contributed by atoms with Crippen molar-refractivity contribution >= 4 is 28.1 Å². The van der Waals surface area contributed by atoms with Gasteiger partial charge in [-0.15, -0.1) is 11.3 Å². The van der Waals surface area contributed by atoms with Crippen molar-refractivity contribution < 1.29 is 4.21 Å². The first-order valence-corrected chi connectivity index (χ1v) is 11.0. The molecule has 1 aromatic carbocycles. The van der Waals surface area contributed by atoms with Gasteiger partial charge in [0.05, 0.1) is 6.54 Å². The predicted octanol–water partition coefficient (Wildman–Crippen LogP) is 3.36. The van der Waals surface area contributed by atoms with Crippen LogP contribution < -0.4 is 10.6 Å². The Balaban J connectivity index is 1.76. The third-order valence-electron chi connectivity index (χ3n) is 3.69. The second-order valence-electron chi connectivity index (χ2n) is 5.84. The number of guanidine groups is 1. The van der Waals surface area contributed by atoms with Crippen LogP contribution in [-0.2, 0) is 16.6 Å². The monoisotopic (exact) mass is 377 g/mol. The van der Waals surface area contributed by atoms with Crippen LogP contribution in [-0.4, -0.2) is 35.6 Å². The fraction of sp³-hybridized carbons (Fsp3) is 0.421. The SMILES string of the molecule is CCNC(=NCC(C)c1cccs1)NCCS(=O)Cc1ccccc1. The highest BCUT2D eigenvalue weighted by Gasteiger charge is 2.07. The molecular formula is C19H27N3OS2. The zero-order valence-corrected chi connectivity index (χ0v) is 16.5. The molecular weight excluding hydrogens is 350 g/mol. The van der Waals surface area contributed by atoms with Gasteiger partial charge in [-0.1, -0.05) is 43.3 Å². The smallest absolute Gasteiger partial charge is 0.191 e. The Morgan fingerprint density at radius 2 is 2.00 bits per heavy atom. The summed E-state index contributed by atoms with van der Waals surface area (Å²) < 4.78 is 12.2. The normalized spacial score (nSPS) is 14.1. The summed E-state index contributed by atoms with van der Waals surface area (Å²) in [5.41, 5.74) is 1.12. The first-order chi connectivity index (χ1) is 12.2. The summed E-state index contributed by atoms with van der Waals surface area (Å²) in [6.45, 7) is 6.44. The van der Waals surface area contributed by atoms with E-state index in [1.54, 1.807) is 11.3 Å². The molecule has 0 amide bonds. The van der Waals surface area contributed by atoms with E-state index in [9.17, 15) is 4.21 Å². The average molecular weight is 378 g/mol. The summed E-state index contributed by atoms with van der Waals surface area (Å²) in [7, 11) is -0.872. The number of hydrogen-bond donors (Lipinski definition) is 2. The maximum atomic E-state index is 12.2. The van der Waals surface area contributed by atoms with Crippen LogP contribution in [0.25, 0.3) is 0 Å². The van der Waals surface area contributed by atoms with Crippen molar-refractivity contribution in [1.29, 1.82) is 0 Å². The minimum Gasteiger partial charge on any atom is -0.357 e. The van der Waals surface area contributed by atoms with Gasteiger partial charge in [-0.2, -0.15) is 0 Å². The molecule has 2 rings (SSSR count). The molecule has 0 saturated carbocycles. The molecule has 2 aromatic rings. The molecule has 25 heavy (non-hydrogen) atoms. The van der Waals surface area contributed by atoms with Crippen molar-refractivity contribution in [2.75, 3.05) is 25.4 Å². The number of aliphatic imine (C=N–C) groups is 1. The summed E-state index contributed by atoms with van der Waals surface area (Å²) in [4.78, 5) is 6.00. The lowest BCUT2D eigenvalue weighted by atomic mass is 10.1. The van der Waals surface area contributed by atoms with E-state index in [1.807, 2.05) is 37.3 Å². The third kappa shape index (κ3) is 7.40. The molecule has 0 aliphatic heterocycles. The first-order valence-electron chi connectivity index (χ1n) is 8.63. The second-order valence-corrected chi connectivity index (χ2v) is 8.39. The zero-order chi connectivity index (χ0) is 17.9. The fourth-order valence-corrected chi connectivity index (χ4v) is 4.16. The minimum atomic E-state index is -0.872. The molecule has 0 radical (unpaired) electrons. The second kappa shape index (κ2) is 11.1. The van der Waals surface area contributed by atoms with E-state index < -0.39 is 10.8 Å². The lowest BCUT2D eigenvalue weighted by Gasteiger charge is -2.13. The number of rotatable bonds is 9. The van der Waals surface area contributed by atoms with E-state index in [4.69, 9.17) is 0 Å². The predicted molar refractivity (Wildman–Crippen MR) is 110 cm³/mol. The average Bonchev–Trinajstić information content (AvgIpc) is 3.15. The Hall–Kier alpha value is -1.66. The molecule has 0 aliphatic carbocycles. The largest absolute Gasteiger partial charge is 0.357 e. The van der Waals surface area contributed by atoms with Gasteiger partial charge in [-0.05, 0) is 23.9 Å². The summed E-state index contributed by atoms with van der Waals surface area (Å²) in [6.07, 6.45) is 0. The molecule has 0 fully saturated rings. The highest BCUT2D eigenvalue weighted by molar-refractivity contribution is 7.84. The van der Waals surface area contributed by atoms with Crippen LogP contribution in [0.2, 0.25) is 0 Å². The molecule has 1 heterocycles. The highest BCUT2D eigenvalue weighted by Crippen LogP contribution is 2.20. The van der Waals surface area contributed by atoms with Gasteiger partial charge in [0.15, 0.2) is 5.96 Å². The van der Waals surface area contributed by atoms with Crippen molar-refractivity contribution in [1.82, 2.24) is 10.6 Å².